The molecule has 1 heterocycles. The number of ether oxygens (including phenoxy) is 1. The summed E-state index contributed by atoms with van der Waals surface area (Å²) >= 11 is 0. The molecule has 4 nitrogen and oxygen atoms in total. The van der Waals surface area contributed by atoms with Gasteiger partial charge in [0, 0.05) is 0 Å². The molecule has 2 amide bonds. The minimum Gasteiger partial charge on any atom is -0.483 e. The standard InChI is InChI=1S/C11H12N2O2/c1-8-3-2-4-9(5-8)15-10-6-12-11(14)13-7-10/h2-6,10H,7H2,1H3,(H,13,14). The number of hydrogen-bond acceptors (Lipinski definition) is 2. The molecule has 1 unspecified atom stereocenters. The molecule has 0 aliphatic carbocycles. The molecule has 0 saturated heterocycles. The molecule has 0 fully saturated rings. The van der Waals surface area contributed by atoms with Gasteiger partial charge in [0.1, 0.15) is 5.75 Å². The van der Waals surface area contributed by atoms with Gasteiger partial charge in [-0.3, -0.25) is 0 Å². The number of carbonyl (C=O) groups is 1. The van der Waals surface area contributed by atoms with E-state index in [1.165, 1.54) is 6.21 Å². The third-order valence-corrected chi connectivity index (χ3v) is 2.09. The zero-order valence-electron chi connectivity index (χ0n) is 8.43. The van der Waals surface area contributed by atoms with Crippen LogP contribution in [0.4, 0.5) is 4.79 Å². The Kier molecular flexibility index (Phi) is 2.67. The number of nitrogens with zero attached hydrogens (tertiary/aromatic N) is 1. The summed E-state index contributed by atoms with van der Waals surface area (Å²) < 4.78 is 5.62. The summed E-state index contributed by atoms with van der Waals surface area (Å²) in [5.41, 5.74) is 1.14. The summed E-state index contributed by atoms with van der Waals surface area (Å²) in [5, 5.41) is 2.61. The molecular formula is C11H12N2O2. The molecule has 0 aromatic heterocycles. The summed E-state index contributed by atoms with van der Waals surface area (Å²) in [4.78, 5) is 14.4. The Hall–Kier alpha value is -1.84. The summed E-state index contributed by atoms with van der Waals surface area (Å²) in [6, 6.07) is 7.47. The average molecular weight is 204 g/mol. The molecule has 15 heavy (non-hydrogen) atoms. The lowest BCUT2D eigenvalue weighted by Gasteiger charge is -2.18. The van der Waals surface area contributed by atoms with Crippen LogP contribution in [0, 0.1) is 6.92 Å². The number of aliphatic imine (C=N–C) groups is 1. The average Bonchev–Trinajstić information content (AvgIpc) is 2.22. The fourth-order valence-electron chi connectivity index (χ4n) is 1.37. The zero-order valence-corrected chi connectivity index (χ0v) is 8.43. The van der Waals surface area contributed by atoms with Gasteiger partial charge in [0.15, 0.2) is 6.10 Å². The van der Waals surface area contributed by atoms with Gasteiger partial charge >= 0.3 is 6.03 Å². The number of urea groups is 1. The van der Waals surface area contributed by atoms with Crippen molar-refractivity contribution in [2.75, 3.05) is 6.54 Å². The highest BCUT2D eigenvalue weighted by atomic mass is 16.5. The molecule has 1 aliphatic rings. The molecule has 1 aromatic carbocycles. The van der Waals surface area contributed by atoms with Gasteiger partial charge in [-0.05, 0) is 24.6 Å². The fourth-order valence-corrected chi connectivity index (χ4v) is 1.37. The van der Waals surface area contributed by atoms with Crippen molar-refractivity contribution < 1.29 is 9.53 Å². The van der Waals surface area contributed by atoms with Crippen molar-refractivity contribution in [2.24, 2.45) is 4.99 Å². The summed E-state index contributed by atoms with van der Waals surface area (Å²) in [7, 11) is 0. The number of carbonyl (C=O) groups excluding carboxylic acids is 1. The summed E-state index contributed by atoms with van der Waals surface area (Å²) in [6.07, 6.45) is 1.35. The van der Waals surface area contributed by atoms with Crippen molar-refractivity contribution in [3.05, 3.63) is 29.8 Å². The molecule has 4 heteroatoms. The van der Waals surface area contributed by atoms with Crippen LogP contribution in [0.5, 0.6) is 5.75 Å². The first kappa shape index (κ1) is 9.71. The van der Waals surface area contributed by atoms with E-state index in [9.17, 15) is 4.79 Å². The predicted molar refractivity (Wildman–Crippen MR) is 57.5 cm³/mol. The first-order chi connectivity index (χ1) is 7.24. The third-order valence-electron chi connectivity index (χ3n) is 2.09. The highest BCUT2D eigenvalue weighted by Gasteiger charge is 2.14. The Morgan fingerprint density at radius 1 is 1.53 bits per heavy atom. The molecule has 1 atom stereocenters. The molecule has 0 saturated carbocycles. The Bertz CT molecular complexity index is 401. The van der Waals surface area contributed by atoms with Gasteiger partial charge in [-0.25, -0.2) is 9.79 Å². The van der Waals surface area contributed by atoms with Crippen LogP contribution >= 0.6 is 0 Å². The van der Waals surface area contributed by atoms with E-state index in [-0.39, 0.29) is 12.1 Å². The topological polar surface area (TPSA) is 50.7 Å². The van der Waals surface area contributed by atoms with Crippen molar-refractivity contribution in [1.82, 2.24) is 5.32 Å². The maximum absolute atomic E-state index is 10.8. The Labute approximate surface area is 88.0 Å². The Balaban J connectivity index is 2.03. The number of hydrogen-bond donors (Lipinski definition) is 1. The van der Waals surface area contributed by atoms with Crippen LogP contribution in [0.3, 0.4) is 0 Å². The Morgan fingerprint density at radius 2 is 2.40 bits per heavy atom. The van der Waals surface area contributed by atoms with Crippen LogP contribution in [0.15, 0.2) is 29.3 Å². The molecule has 2 rings (SSSR count). The fraction of sp³-hybridized carbons (Fsp3) is 0.273. The van der Waals surface area contributed by atoms with E-state index in [0.29, 0.717) is 6.54 Å². The van der Waals surface area contributed by atoms with Crippen LogP contribution in [0.2, 0.25) is 0 Å². The monoisotopic (exact) mass is 204 g/mol. The number of aryl methyl sites for hydroxylation is 1. The van der Waals surface area contributed by atoms with Crippen molar-refractivity contribution in [2.45, 2.75) is 13.0 Å². The number of benzene rings is 1. The van der Waals surface area contributed by atoms with Gasteiger partial charge in [-0.15, -0.1) is 0 Å². The smallest absolute Gasteiger partial charge is 0.340 e. The van der Waals surface area contributed by atoms with E-state index in [2.05, 4.69) is 10.3 Å². The Morgan fingerprint density at radius 3 is 3.07 bits per heavy atom. The number of amides is 2. The highest BCUT2D eigenvalue weighted by Crippen LogP contribution is 2.14. The van der Waals surface area contributed by atoms with Crippen LogP contribution in [-0.2, 0) is 0 Å². The molecule has 0 radical (unpaired) electrons. The number of rotatable bonds is 2. The van der Waals surface area contributed by atoms with Crippen molar-refractivity contribution in [3.63, 3.8) is 0 Å². The lowest BCUT2D eigenvalue weighted by atomic mass is 10.2. The molecule has 78 valence electrons. The largest absolute Gasteiger partial charge is 0.483 e. The van der Waals surface area contributed by atoms with E-state index in [4.69, 9.17) is 4.74 Å². The maximum Gasteiger partial charge on any atom is 0.340 e. The first-order valence-electron chi connectivity index (χ1n) is 4.79. The van der Waals surface area contributed by atoms with Gasteiger partial charge in [0.25, 0.3) is 0 Å². The van der Waals surface area contributed by atoms with Gasteiger partial charge in [-0.2, -0.15) is 0 Å². The summed E-state index contributed by atoms with van der Waals surface area (Å²) in [5.74, 6) is 0.794. The van der Waals surface area contributed by atoms with Crippen LogP contribution in [-0.4, -0.2) is 24.9 Å². The summed E-state index contributed by atoms with van der Waals surface area (Å²) in [6.45, 7) is 2.47. The van der Waals surface area contributed by atoms with Gasteiger partial charge < -0.3 is 10.1 Å². The second-order valence-electron chi connectivity index (χ2n) is 3.44. The SMILES string of the molecule is Cc1cccc(OC2C=NC(=O)NC2)c1. The minimum absolute atomic E-state index is 0.176. The second kappa shape index (κ2) is 4.13. The molecule has 0 spiro atoms. The van der Waals surface area contributed by atoms with Gasteiger partial charge in [0.2, 0.25) is 0 Å². The van der Waals surface area contributed by atoms with E-state index in [1.807, 2.05) is 31.2 Å². The van der Waals surface area contributed by atoms with Crippen LogP contribution in [0.25, 0.3) is 0 Å². The normalized spacial score (nSPS) is 19.8. The molecule has 1 aliphatic heterocycles. The quantitative estimate of drug-likeness (QED) is 0.794. The van der Waals surface area contributed by atoms with Crippen molar-refractivity contribution in [3.8, 4) is 5.75 Å². The van der Waals surface area contributed by atoms with Crippen molar-refractivity contribution >= 4 is 12.2 Å². The lowest BCUT2D eigenvalue weighted by molar-refractivity contribution is 0.230. The predicted octanol–water partition coefficient (Wildman–Crippen LogP) is 1.54. The highest BCUT2D eigenvalue weighted by molar-refractivity contribution is 5.87. The minimum atomic E-state index is -0.306. The van der Waals surface area contributed by atoms with Gasteiger partial charge in [0.05, 0.1) is 12.8 Å². The van der Waals surface area contributed by atoms with Gasteiger partial charge in [-0.1, -0.05) is 12.1 Å². The molecule has 1 N–H and O–H groups in total. The number of nitrogens with one attached hydrogen (secondary N) is 1. The molecule has 1 aromatic rings. The second-order valence-corrected chi connectivity index (χ2v) is 3.44. The van der Waals surface area contributed by atoms with Crippen LogP contribution < -0.4 is 10.1 Å². The zero-order chi connectivity index (χ0) is 10.7. The third kappa shape index (κ3) is 2.56. The van der Waals surface area contributed by atoms with E-state index < -0.39 is 0 Å². The lowest BCUT2D eigenvalue weighted by Crippen LogP contribution is -2.39. The van der Waals surface area contributed by atoms with Crippen molar-refractivity contribution in [1.29, 1.82) is 0 Å². The van der Waals surface area contributed by atoms with E-state index >= 15 is 0 Å². The van der Waals surface area contributed by atoms with E-state index in [1.54, 1.807) is 0 Å². The molecule has 0 bridgehead atoms. The van der Waals surface area contributed by atoms with Crippen LogP contribution in [0.1, 0.15) is 5.56 Å². The van der Waals surface area contributed by atoms with E-state index in [0.717, 1.165) is 11.3 Å². The maximum atomic E-state index is 10.8. The first-order valence-corrected chi connectivity index (χ1v) is 4.79. The molecular weight excluding hydrogens is 192 g/mol.